The van der Waals surface area contributed by atoms with E-state index in [1.54, 1.807) is 0 Å². The van der Waals surface area contributed by atoms with Gasteiger partial charge in [0.25, 0.3) is 0 Å². The molecule has 0 amide bonds. The van der Waals surface area contributed by atoms with Crippen molar-refractivity contribution < 1.29 is 0 Å². The number of nitriles is 1. The predicted molar refractivity (Wildman–Crippen MR) is 203 cm³/mol. The number of benzene rings is 8. The third-order valence-corrected chi connectivity index (χ3v) is 10.6. The van der Waals surface area contributed by atoms with Gasteiger partial charge in [-0.15, -0.1) is 0 Å². The lowest BCUT2D eigenvalue weighted by Gasteiger charge is -2.21. The quantitative estimate of drug-likeness (QED) is 0.142. The Morgan fingerprint density at radius 1 is 0.479 bits per heavy atom. The first-order valence-corrected chi connectivity index (χ1v) is 16.3. The van der Waals surface area contributed by atoms with E-state index >= 15 is 0 Å². The molecule has 10 rings (SSSR count). The van der Waals surface area contributed by atoms with E-state index in [0.29, 0.717) is 11.3 Å². The second-order valence-corrected chi connectivity index (χ2v) is 13.1. The van der Waals surface area contributed by atoms with Gasteiger partial charge in [-0.25, -0.2) is 4.85 Å². The molecule has 2 nitrogen and oxygen atoms in total. The molecule has 10 aromatic rings. The summed E-state index contributed by atoms with van der Waals surface area (Å²) >= 11 is 0. The molecule has 0 atom stereocenters. The van der Waals surface area contributed by atoms with Crippen LogP contribution in [-0.4, -0.2) is 0 Å². The molecule has 0 spiro atoms. The van der Waals surface area contributed by atoms with Gasteiger partial charge < -0.3 is 0 Å². The average Bonchev–Trinajstić information content (AvgIpc) is 3.63. The number of nitrogens with zero attached hydrogens (tertiary/aromatic N) is 2. The molecule has 0 saturated heterocycles. The predicted octanol–water partition coefficient (Wildman–Crippen LogP) is 13.0. The van der Waals surface area contributed by atoms with Crippen LogP contribution in [0.15, 0.2) is 121 Å². The molecular weight excluding hydrogens is 581 g/mol. The van der Waals surface area contributed by atoms with Gasteiger partial charge in [0.2, 0.25) is 0 Å². The molecule has 0 radical (unpaired) electrons. The van der Waals surface area contributed by atoms with Crippen molar-refractivity contribution in [3.8, 4) is 28.3 Å². The first kappa shape index (κ1) is 26.7. The summed E-state index contributed by atoms with van der Waals surface area (Å²) in [7, 11) is 0. The maximum absolute atomic E-state index is 10.1. The minimum Gasteiger partial charge on any atom is -0.238 e. The fourth-order valence-corrected chi connectivity index (χ4v) is 8.61. The van der Waals surface area contributed by atoms with Crippen LogP contribution < -0.4 is 0 Å². The van der Waals surface area contributed by atoms with Gasteiger partial charge in [-0.05, 0) is 147 Å². The van der Waals surface area contributed by atoms with Crippen LogP contribution in [0.25, 0.3) is 103 Å². The highest BCUT2D eigenvalue weighted by molar-refractivity contribution is 6.44. The number of rotatable bonds is 2. The SMILES string of the molecule is [C-]#[N+]c1ccc(C)c(-c2c3c(cc4c5ccccc5c5cccc3c54)c(-c3cc(C#N)ccc3C)c3c4cccc5cccc(c23)c54)c1. The second-order valence-electron chi connectivity index (χ2n) is 13.1. The Morgan fingerprint density at radius 3 is 1.77 bits per heavy atom. The van der Waals surface area contributed by atoms with Gasteiger partial charge in [-0.3, -0.25) is 0 Å². The lowest BCUT2D eigenvalue weighted by Crippen LogP contribution is -1.94. The fraction of sp³-hybridized carbons (Fsp3) is 0.0435. The molecule has 48 heavy (non-hydrogen) atoms. The third kappa shape index (κ3) is 3.34. The van der Waals surface area contributed by atoms with E-state index in [4.69, 9.17) is 6.57 Å². The van der Waals surface area contributed by atoms with E-state index in [0.717, 1.165) is 33.2 Å². The summed E-state index contributed by atoms with van der Waals surface area (Å²) in [6, 6.07) is 45.7. The van der Waals surface area contributed by atoms with Crippen LogP contribution in [0.4, 0.5) is 5.69 Å². The Bertz CT molecular complexity index is 3090. The van der Waals surface area contributed by atoms with Crippen molar-refractivity contribution in [1.29, 1.82) is 5.26 Å². The summed E-state index contributed by atoms with van der Waals surface area (Å²) in [5, 5.41) is 27.2. The summed E-state index contributed by atoms with van der Waals surface area (Å²) in [6.45, 7) is 12.3. The van der Waals surface area contributed by atoms with E-state index in [-0.39, 0.29) is 0 Å². The summed E-state index contributed by atoms with van der Waals surface area (Å²) in [5.74, 6) is 0. The van der Waals surface area contributed by atoms with Crippen LogP contribution >= 0.6 is 0 Å². The highest BCUT2D eigenvalue weighted by Crippen LogP contribution is 2.55. The number of hydrogen-bond acceptors (Lipinski definition) is 1. The van der Waals surface area contributed by atoms with E-state index in [2.05, 4.69) is 134 Å². The molecule has 10 aromatic carbocycles. The molecular formula is C46H26N2. The summed E-state index contributed by atoms with van der Waals surface area (Å²) in [4.78, 5) is 3.89. The molecule has 220 valence electrons. The molecule has 0 bridgehead atoms. The van der Waals surface area contributed by atoms with Crippen LogP contribution in [0.3, 0.4) is 0 Å². The fourth-order valence-electron chi connectivity index (χ4n) is 8.61. The van der Waals surface area contributed by atoms with E-state index in [1.165, 1.54) is 75.6 Å². The average molecular weight is 607 g/mol. The van der Waals surface area contributed by atoms with Gasteiger partial charge >= 0.3 is 0 Å². The molecule has 0 aliphatic carbocycles. The van der Waals surface area contributed by atoms with Gasteiger partial charge in [0.05, 0.1) is 18.2 Å². The molecule has 0 N–H and O–H groups in total. The molecule has 0 unspecified atom stereocenters. The van der Waals surface area contributed by atoms with Crippen molar-refractivity contribution in [2.75, 3.05) is 0 Å². The summed E-state index contributed by atoms with van der Waals surface area (Å²) in [5.41, 5.74) is 8.03. The summed E-state index contributed by atoms with van der Waals surface area (Å²) in [6.07, 6.45) is 0. The van der Waals surface area contributed by atoms with E-state index < -0.39 is 0 Å². The van der Waals surface area contributed by atoms with Crippen LogP contribution in [-0.2, 0) is 0 Å². The Hall–Kier alpha value is -6.48. The third-order valence-electron chi connectivity index (χ3n) is 10.6. The molecule has 0 aliphatic heterocycles. The second kappa shape index (κ2) is 9.52. The highest BCUT2D eigenvalue weighted by Gasteiger charge is 2.27. The Kier molecular flexibility index (Phi) is 5.30. The molecule has 0 heterocycles. The van der Waals surface area contributed by atoms with E-state index in [9.17, 15) is 5.26 Å². The Balaban J connectivity index is 1.62. The van der Waals surface area contributed by atoms with Crippen LogP contribution in [0.1, 0.15) is 16.7 Å². The topological polar surface area (TPSA) is 28.1 Å². The van der Waals surface area contributed by atoms with Gasteiger partial charge in [0, 0.05) is 0 Å². The monoisotopic (exact) mass is 606 g/mol. The zero-order chi connectivity index (χ0) is 32.3. The van der Waals surface area contributed by atoms with Crippen molar-refractivity contribution in [3.63, 3.8) is 0 Å². The smallest absolute Gasteiger partial charge is 0.187 e. The van der Waals surface area contributed by atoms with Gasteiger partial charge in [0.1, 0.15) is 0 Å². The van der Waals surface area contributed by atoms with Crippen molar-refractivity contribution in [2.24, 2.45) is 0 Å². The zero-order valence-corrected chi connectivity index (χ0v) is 26.4. The molecule has 0 fully saturated rings. The maximum Gasteiger partial charge on any atom is 0.187 e. The normalized spacial score (nSPS) is 11.9. The molecule has 0 aliphatic rings. The first-order chi connectivity index (χ1) is 23.6. The standard InChI is InChI=1S/C46H26N2/c1-25-17-19-27(24-47)21-36(25)43-39-23-38-31-12-5-4-11-30(31)32-13-8-16-35(41(32)38)42(39)46(37-22-29(48-3)20-18-26(37)2)45-34-15-7-10-28-9-6-14-33(40(28)34)44(43)45/h4-23H,1-2H3. The first-order valence-electron chi connectivity index (χ1n) is 16.3. The maximum atomic E-state index is 10.1. The minimum atomic E-state index is 0.631. The number of aryl methyl sites for hydroxylation is 2. The van der Waals surface area contributed by atoms with Crippen molar-refractivity contribution >= 4 is 81.1 Å². The van der Waals surface area contributed by atoms with Crippen LogP contribution in [0.2, 0.25) is 0 Å². The molecule has 2 heteroatoms. The minimum absolute atomic E-state index is 0.631. The van der Waals surface area contributed by atoms with Gasteiger partial charge in [0.15, 0.2) is 5.69 Å². The lowest BCUT2D eigenvalue weighted by atomic mass is 9.82. The molecule has 0 saturated carbocycles. The Morgan fingerprint density at radius 2 is 1.06 bits per heavy atom. The van der Waals surface area contributed by atoms with E-state index in [1.807, 2.05) is 12.1 Å². The molecule has 0 aromatic heterocycles. The van der Waals surface area contributed by atoms with Crippen molar-refractivity contribution in [3.05, 3.63) is 149 Å². The largest absolute Gasteiger partial charge is 0.238 e. The van der Waals surface area contributed by atoms with Crippen LogP contribution in [0, 0.1) is 31.8 Å². The number of hydrogen-bond donors (Lipinski definition) is 0. The van der Waals surface area contributed by atoms with Crippen LogP contribution in [0.5, 0.6) is 0 Å². The number of fused-ring (bicyclic) bond motifs is 8. The lowest BCUT2D eigenvalue weighted by molar-refractivity contribution is 1.43. The highest BCUT2D eigenvalue weighted by atomic mass is 14.6. The van der Waals surface area contributed by atoms with Crippen molar-refractivity contribution in [1.82, 2.24) is 0 Å². The van der Waals surface area contributed by atoms with Gasteiger partial charge in [-0.1, -0.05) is 97.1 Å². The van der Waals surface area contributed by atoms with Crippen molar-refractivity contribution in [2.45, 2.75) is 13.8 Å². The Labute approximate surface area is 277 Å². The zero-order valence-electron chi connectivity index (χ0n) is 26.4. The van der Waals surface area contributed by atoms with Gasteiger partial charge in [-0.2, -0.15) is 5.26 Å². The summed E-state index contributed by atoms with van der Waals surface area (Å²) < 4.78 is 0.